The highest BCUT2D eigenvalue weighted by Crippen LogP contribution is 2.25. The van der Waals surface area contributed by atoms with E-state index in [4.69, 9.17) is 4.98 Å². The van der Waals surface area contributed by atoms with Gasteiger partial charge < -0.3 is 21.3 Å². The Labute approximate surface area is 209 Å². The molecule has 9 nitrogen and oxygen atoms in total. The van der Waals surface area contributed by atoms with Crippen molar-refractivity contribution in [3.05, 3.63) is 78.0 Å². The lowest BCUT2D eigenvalue weighted by Crippen LogP contribution is -2.30. The van der Waals surface area contributed by atoms with E-state index in [1.54, 1.807) is 6.07 Å². The van der Waals surface area contributed by atoms with Crippen molar-refractivity contribution in [3.8, 4) is 11.4 Å². The zero-order chi connectivity index (χ0) is 25.3. The summed E-state index contributed by atoms with van der Waals surface area (Å²) in [6, 6.07) is 21.0. The number of hydrogen-bond acceptors (Lipinski definition) is 7. The molecule has 2 aromatic heterocycles. The fourth-order valence-electron chi connectivity index (χ4n) is 3.64. The third-order valence-electron chi connectivity index (χ3n) is 5.50. The molecule has 184 valence electrons. The highest BCUT2D eigenvalue weighted by Gasteiger charge is 2.13. The van der Waals surface area contributed by atoms with E-state index < -0.39 is 0 Å². The Morgan fingerprint density at radius 3 is 2.06 bits per heavy atom. The van der Waals surface area contributed by atoms with Crippen LogP contribution in [0.15, 0.2) is 66.7 Å². The Balaban J connectivity index is 1.41. The van der Waals surface area contributed by atoms with Crippen molar-refractivity contribution in [2.24, 2.45) is 0 Å². The largest absolute Gasteiger partial charge is 0.368 e. The van der Waals surface area contributed by atoms with Gasteiger partial charge in [0.05, 0.1) is 5.52 Å². The molecular formula is C27H29N7O2. The SMILES string of the molecule is CC(=O)NCCNc1nc(-c2ccccc2)nc(NCCNC(=O)c2ccc3ccccc3n2)c1C. The summed E-state index contributed by atoms with van der Waals surface area (Å²) in [6.07, 6.45) is 0. The van der Waals surface area contributed by atoms with Crippen molar-refractivity contribution < 1.29 is 9.59 Å². The quantitative estimate of drug-likeness (QED) is 0.255. The second-order valence-electron chi connectivity index (χ2n) is 8.22. The van der Waals surface area contributed by atoms with Crippen molar-refractivity contribution in [2.45, 2.75) is 13.8 Å². The smallest absolute Gasteiger partial charge is 0.269 e. The van der Waals surface area contributed by atoms with Crippen LogP contribution in [0.4, 0.5) is 11.6 Å². The molecule has 4 rings (SSSR count). The Hall–Kier alpha value is -4.53. The summed E-state index contributed by atoms with van der Waals surface area (Å²) >= 11 is 0. The molecule has 0 bridgehead atoms. The minimum absolute atomic E-state index is 0.0792. The number of amides is 2. The van der Waals surface area contributed by atoms with Gasteiger partial charge in [0, 0.05) is 49.6 Å². The van der Waals surface area contributed by atoms with Crippen LogP contribution in [0, 0.1) is 6.92 Å². The molecule has 2 heterocycles. The standard InChI is InChI=1S/C27H29N7O2/c1-18-24(29-15-14-28-19(2)35)33-26(21-9-4-3-5-10-21)34-25(18)30-16-17-31-27(36)23-13-12-20-8-6-7-11-22(20)32-23/h3-13H,14-17H2,1-2H3,(H,28,35)(H,31,36)(H2,29,30,33,34). The number of rotatable bonds is 10. The van der Waals surface area contributed by atoms with Crippen molar-refractivity contribution >= 4 is 34.4 Å². The van der Waals surface area contributed by atoms with E-state index in [1.165, 1.54) is 6.92 Å². The Morgan fingerprint density at radius 1 is 0.722 bits per heavy atom. The summed E-state index contributed by atoms with van der Waals surface area (Å²) in [6.45, 7) is 5.28. The predicted molar refractivity (Wildman–Crippen MR) is 142 cm³/mol. The Bertz CT molecular complexity index is 1360. The van der Waals surface area contributed by atoms with Gasteiger partial charge in [-0.1, -0.05) is 54.6 Å². The normalized spacial score (nSPS) is 10.6. The minimum atomic E-state index is -0.229. The number of nitrogens with zero attached hydrogens (tertiary/aromatic N) is 3. The first-order chi connectivity index (χ1) is 17.5. The number of anilines is 2. The number of pyridine rings is 1. The molecule has 0 spiro atoms. The lowest BCUT2D eigenvalue weighted by atomic mass is 10.2. The molecule has 0 saturated carbocycles. The molecule has 0 unspecified atom stereocenters. The zero-order valence-corrected chi connectivity index (χ0v) is 20.3. The van der Waals surface area contributed by atoms with E-state index in [-0.39, 0.29) is 11.8 Å². The third-order valence-corrected chi connectivity index (χ3v) is 5.50. The number of hydrogen-bond donors (Lipinski definition) is 4. The van der Waals surface area contributed by atoms with Crippen LogP contribution >= 0.6 is 0 Å². The fourth-order valence-corrected chi connectivity index (χ4v) is 3.64. The molecule has 0 aliphatic heterocycles. The van der Waals surface area contributed by atoms with Gasteiger partial charge in [-0.05, 0) is 19.1 Å². The molecule has 4 aromatic rings. The zero-order valence-electron chi connectivity index (χ0n) is 20.3. The van der Waals surface area contributed by atoms with E-state index >= 15 is 0 Å². The first-order valence-corrected chi connectivity index (χ1v) is 11.8. The predicted octanol–water partition coefficient (Wildman–Crippen LogP) is 3.39. The van der Waals surface area contributed by atoms with Crippen LogP contribution in [0.5, 0.6) is 0 Å². The molecule has 4 N–H and O–H groups in total. The Morgan fingerprint density at radius 2 is 1.36 bits per heavy atom. The number of para-hydroxylation sites is 1. The van der Waals surface area contributed by atoms with Crippen LogP contribution in [-0.2, 0) is 4.79 Å². The highest BCUT2D eigenvalue weighted by molar-refractivity contribution is 5.94. The van der Waals surface area contributed by atoms with E-state index in [1.807, 2.05) is 67.6 Å². The maximum atomic E-state index is 12.6. The summed E-state index contributed by atoms with van der Waals surface area (Å²) in [5.41, 5.74) is 2.90. The van der Waals surface area contributed by atoms with Gasteiger partial charge in [-0.3, -0.25) is 9.59 Å². The van der Waals surface area contributed by atoms with Crippen LogP contribution in [0.3, 0.4) is 0 Å². The first-order valence-electron chi connectivity index (χ1n) is 11.8. The topological polar surface area (TPSA) is 121 Å². The van der Waals surface area contributed by atoms with Gasteiger partial charge in [0.25, 0.3) is 5.91 Å². The van der Waals surface area contributed by atoms with Gasteiger partial charge >= 0.3 is 0 Å². The van der Waals surface area contributed by atoms with E-state index in [9.17, 15) is 9.59 Å². The molecule has 36 heavy (non-hydrogen) atoms. The van der Waals surface area contributed by atoms with Crippen molar-refractivity contribution in [1.82, 2.24) is 25.6 Å². The number of nitrogens with one attached hydrogen (secondary N) is 4. The van der Waals surface area contributed by atoms with Crippen molar-refractivity contribution in [1.29, 1.82) is 0 Å². The van der Waals surface area contributed by atoms with Crippen LogP contribution in [0.1, 0.15) is 23.0 Å². The number of carbonyl (C=O) groups is 2. The molecule has 0 aliphatic carbocycles. The monoisotopic (exact) mass is 483 g/mol. The fraction of sp³-hybridized carbons (Fsp3) is 0.222. The summed E-state index contributed by atoms with van der Waals surface area (Å²) in [7, 11) is 0. The lowest BCUT2D eigenvalue weighted by Gasteiger charge is -2.16. The lowest BCUT2D eigenvalue weighted by molar-refractivity contribution is -0.118. The van der Waals surface area contributed by atoms with Gasteiger partial charge in [0.15, 0.2) is 5.82 Å². The van der Waals surface area contributed by atoms with Gasteiger partial charge in [0.2, 0.25) is 5.91 Å². The van der Waals surface area contributed by atoms with E-state index in [0.717, 1.165) is 22.0 Å². The maximum absolute atomic E-state index is 12.6. The summed E-state index contributed by atoms with van der Waals surface area (Å²) in [5, 5.41) is 13.3. The number of aromatic nitrogens is 3. The van der Waals surface area contributed by atoms with Gasteiger partial charge in [-0.2, -0.15) is 0 Å². The van der Waals surface area contributed by atoms with Gasteiger partial charge in [-0.15, -0.1) is 0 Å². The molecule has 2 aromatic carbocycles. The molecule has 0 aliphatic rings. The summed E-state index contributed by atoms with van der Waals surface area (Å²) in [4.78, 5) is 37.6. The first kappa shape index (κ1) is 24.6. The van der Waals surface area contributed by atoms with Crippen molar-refractivity contribution in [3.63, 3.8) is 0 Å². The second-order valence-corrected chi connectivity index (χ2v) is 8.22. The molecule has 0 atom stereocenters. The van der Waals surface area contributed by atoms with Gasteiger partial charge in [-0.25, -0.2) is 15.0 Å². The third kappa shape index (κ3) is 6.32. The van der Waals surface area contributed by atoms with Crippen molar-refractivity contribution in [2.75, 3.05) is 36.8 Å². The number of fused-ring (bicyclic) bond motifs is 1. The highest BCUT2D eigenvalue weighted by atomic mass is 16.2. The summed E-state index contributed by atoms with van der Waals surface area (Å²) in [5.74, 6) is 1.62. The second kappa shape index (κ2) is 11.7. The molecule has 9 heteroatoms. The van der Waals surface area contributed by atoms with E-state index in [2.05, 4.69) is 31.2 Å². The van der Waals surface area contributed by atoms with Crippen LogP contribution < -0.4 is 21.3 Å². The van der Waals surface area contributed by atoms with Crippen LogP contribution in [0.2, 0.25) is 0 Å². The molecule has 0 radical (unpaired) electrons. The van der Waals surface area contributed by atoms with Crippen LogP contribution in [0.25, 0.3) is 22.3 Å². The van der Waals surface area contributed by atoms with Crippen LogP contribution in [-0.4, -0.2) is 52.9 Å². The molecule has 0 fully saturated rings. The minimum Gasteiger partial charge on any atom is -0.368 e. The number of carbonyl (C=O) groups excluding carboxylic acids is 2. The average molecular weight is 484 g/mol. The molecule has 0 saturated heterocycles. The number of benzene rings is 2. The maximum Gasteiger partial charge on any atom is 0.269 e. The Kier molecular flexibility index (Phi) is 8.02. The summed E-state index contributed by atoms with van der Waals surface area (Å²) < 4.78 is 0. The molecule has 2 amide bonds. The average Bonchev–Trinajstić information content (AvgIpc) is 2.90. The molecular weight excluding hydrogens is 454 g/mol. The van der Waals surface area contributed by atoms with Gasteiger partial charge in [0.1, 0.15) is 17.3 Å². The van der Waals surface area contributed by atoms with E-state index in [0.29, 0.717) is 49.3 Å².